The number of piperazine rings is 1. The van der Waals surface area contributed by atoms with E-state index >= 15 is 0 Å². The number of hydrogen-bond donors (Lipinski definition) is 1. The standard InChI is InChI=1S/C15H15N3O2/c1-2-4-14-11(3-1)12(10-19-14)13-9-15(20-17-13)18-7-5-16-6-8-18/h1-4,9-10,16H,5-8H2. The number of hydrogen-bond acceptors (Lipinski definition) is 5. The van der Waals surface area contributed by atoms with E-state index in [4.69, 9.17) is 8.94 Å². The monoisotopic (exact) mass is 269 g/mol. The first-order valence-electron chi connectivity index (χ1n) is 6.81. The lowest BCUT2D eigenvalue weighted by Crippen LogP contribution is -2.43. The third-order valence-corrected chi connectivity index (χ3v) is 3.68. The number of fused-ring (bicyclic) bond motifs is 1. The van der Waals surface area contributed by atoms with Crippen molar-refractivity contribution in [3.63, 3.8) is 0 Å². The number of benzene rings is 1. The summed E-state index contributed by atoms with van der Waals surface area (Å²) in [6.07, 6.45) is 1.74. The fraction of sp³-hybridized carbons (Fsp3) is 0.267. The Morgan fingerprint density at radius 3 is 2.90 bits per heavy atom. The second kappa shape index (κ2) is 4.68. The van der Waals surface area contributed by atoms with Gasteiger partial charge in [-0.15, -0.1) is 0 Å². The minimum atomic E-state index is 0.823. The van der Waals surface area contributed by atoms with Crippen LogP contribution < -0.4 is 10.2 Å². The largest absolute Gasteiger partial charge is 0.464 e. The highest BCUT2D eigenvalue weighted by atomic mass is 16.5. The predicted octanol–water partition coefficient (Wildman–Crippen LogP) is 2.50. The number of aromatic nitrogens is 1. The van der Waals surface area contributed by atoms with Crippen LogP contribution in [-0.4, -0.2) is 31.3 Å². The van der Waals surface area contributed by atoms with E-state index in [1.807, 2.05) is 30.3 Å². The lowest BCUT2D eigenvalue weighted by Gasteiger charge is -2.25. The Balaban J connectivity index is 1.70. The molecule has 0 bridgehead atoms. The number of nitrogens with one attached hydrogen (secondary N) is 1. The smallest absolute Gasteiger partial charge is 0.227 e. The maximum absolute atomic E-state index is 5.55. The highest BCUT2D eigenvalue weighted by molar-refractivity contribution is 5.93. The number of furan rings is 1. The molecule has 0 aliphatic carbocycles. The van der Waals surface area contributed by atoms with E-state index < -0.39 is 0 Å². The zero-order valence-electron chi connectivity index (χ0n) is 11.0. The van der Waals surface area contributed by atoms with E-state index in [1.165, 1.54) is 0 Å². The van der Waals surface area contributed by atoms with Gasteiger partial charge < -0.3 is 19.2 Å². The Kier molecular flexibility index (Phi) is 2.70. The van der Waals surface area contributed by atoms with E-state index in [0.717, 1.165) is 54.3 Å². The minimum Gasteiger partial charge on any atom is -0.464 e. The molecule has 1 saturated heterocycles. The van der Waals surface area contributed by atoms with Gasteiger partial charge in [0.25, 0.3) is 0 Å². The Bertz CT molecular complexity index is 725. The molecule has 1 aliphatic heterocycles. The molecular weight excluding hydrogens is 254 g/mol. The molecule has 4 rings (SSSR count). The SMILES string of the molecule is c1ccc2c(-c3cc(N4CCNCC4)on3)coc2c1. The molecule has 3 aromatic rings. The topological polar surface area (TPSA) is 54.4 Å². The minimum absolute atomic E-state index is 0.823. The fourth-order valence-electron chi connectivity index (χ4n) is 2.60. The summed E-state index contributed by atoms with van der Waals surface area (Å²) < 4.78 is 11.0. The van der Waals surface area contributed by atoms with Crippen LogP contribution >= 0.6 is 0 Å². The maximum Gasteiger partial charge on any atom is 0.227 e. The number of rotatable bonds is 2. The van der Waals surface area contributed by atoms with Crippen molar-refractivity contribution < 1.29 is 8.94 Å². The molecule has 2 aromatic heterocycles. The number of nitrogens with zero attached hydrogens (tertiary/aromatic N) is 2. The fourth-order valence-corrected chi connectivity index (χ4v) is 2.60. The van der Waals surface area contributed by atoms with Crippen molar-refractivity contribution >= 4 is 16.9 Å². The summed E-state index contributed by atoms with van der Waals surface area (Å²) in [5, 5.41) is 8.57. The summed E-state index contributed by atoms with van der Waals surface area (Å²) in [5.74, 6) is 0.826. The van der Waals surface area contributed by atoms with Gasteiger partial charge in [0.1, 0.15) is 17.5 Å². The molecule has 0 unspecified atom stereocenters. The Hall–Kier alpha value is -2.27. The maximum atomic E-state index is 5.55. The second-order valence-corrected chi connectivity index (χ2v) is 4.93. The molecule has 0 saturated carbocycles. The van der Waals surface area contributed by atoms with Crippen molar-refractivity contribution in [1.82, 2.24) is 10.5 Å². The van der Waals surface area contributed by atoms with E-state index in [0.29, 0.717) is 0 Å². The number of anilines is 1. The van der Waals surface area contributed by atoms with E-state index in [1.54, 1.807) is 6.26 Å². The van der Waals surface area contributed by atoms with Gasteiger partial charge in [-0.1, -0.05) is 23.4 Å². The van der Waals surface area contributed by atoms with Gasteiger partial charge in [0, 0.05) is 43.2 Å². The van der Waals surface area contributed by atoms with Crippen LogP contribution in [0.4, 0.5) is 5.88 Å². The van der Waals surface area contributed by atoms with Crippen molar-refractivity contribution in [2.75, 3.05) is 31.1 Å². The molecule has 1 aromatic carbocycles. The summed E-state index contributed by atoms with van der Waals surface area (Å²) in [5.41, 5.74) is 2.67. The van der Waals surface area contributed by atoms with E-state index in [-0.39, 0.29) is 0 Å². The van der Waals surface area contributed by atoms with Gasteiger partial charge in [-0.05, 0) is 6.07 Å². The Morgan fingerprint density at radius 1 is 1.15 bits per heavy atom. The summed E-state index contributed by atoms with van der Waals surface area (Å²) >= 11 is 0. The molecule has 1 fully saturated rings. The van der Waals surface area contributed by atoms with Crippen molar-refractivity contribution in [2.24, 2.45) is 0 Å². The molecular formula is C15H15N3O2. The summed E-state index contributed by atoms with van der Waals surface area (Å²) in [6, 6.07) is 9.94. The van der Waals surface area contributed by atoms with Crippen LogP contribution in [0, 0.1) is 0 Å². The summed E-state index contributed by atoms with van der Waals surface area (Å²) in [4.78, 5) is 2.20. The second-order valence-electron chi connectivity index (χ2n) is 4.93. The van der Waals surface area contributed by atoms with Gasteiger partial charge in [-0.3, -0.25) is 0 Å². The van der Waals surface area contributed by atoms with Gasteiger partial charge in [0.05, 0.1) is 0 Å². The predicted molar refractivity (Wildman–Crippen MR) is 76.8 cm³/mol. The Labute approximate surface area is 116 Å². The molecule has 5 heteroatoms. The van der Waals surface area contributed by atoms with Crippen molar-refractivity contribution in [3.05, 3.63) is 36.6 Å². The average molecular weight is 269 g/mol. The summed E-state index contributed by atoms with van der Waals surface area (Å²) in [6.45, 7) is 3.84. The van der Waals surface area contributed by atoms with Crippen LogP contribution in [0.2, 0.25) is 0 Å². The van der Waals surface area contributed by atoms with Gasteiger partial charge in [-0.25, -0.2) is 0 Å². The third kappa shape index (κ3) is 1.87. The zero-order valence-corrected chi connectivity index (χ0v) is 11.0. The van der Waals surface area contributed by atoms with Crippen molar-refractivity contribution in [2.45, 2.75) is 0 Å². The van der Waals surface area contributed by atoms with Crippen LogP contribution in [0.5, 0.6) is 0 Å². The molecule has 0 amide bonds. The van der Waals surface area contributed by atoms with E-state index in [2.05, 4.69) is 15.4 Å². The van der Waals surface area contributed by atoms with Gasteiger partial charge >= 0.3 is 0 Å². The molecule has 102 valence electrons. The van der Waals surface area contributed by atoms with Crippen LogP contribution in [0.25, 0.3) is 22.2 Å². The quantitative estimate of drug-likeness (QED) is 0.774. The van der Waals surface area contributed by atoms with Gasteiger partial charge in [0.2, 0.25) is 5.88 Å². The molecule has 20 heavy (non-hydrogen) atoms. The average Bonchev–Trinajstić information content (AvgIpc) is 3.14. The Morgan fingerprint density at radius 2 is 2.00 bits per heavy atom. The summed E-state index contributed by atoms with van der Waals surface area (Å²) in [7, 11) is 0. The zero-order chi connectivity index (χ0) is 13.4. The molecule has 5 nitrogen and oxygen atoms in total. The lowest BCUT2D eigenvalue weighted by atomic mass is 10.1. The van der Waals surface area contributed by atoms with Crippen LogP contribution in [-0.2, 0) is 0 Å². The van der Waals surface area contributed by atoms with Gasteiger partial charge in [-0.2, -0.15) is 0 Å². The third-order valence-electron chi connectivity index (χ3n) is 3.68. The molecule has 1 aliphatic rings. The first kappa shape index (κ1) is 11.5. The lowest BCUT2D eigenvalue weighted by molar-refractivity contribution is 0.409. The highest BCUT2D eigenvalue weighted by Gasteiger charge is 2.17. The van der Waals surface area contributed by atoms with Gasteiger partial charge in [0.15, 0.2) is 0 Å². The van der Waals surface area contributed by atoms with Crippen molar-refractivity contribution in [3.8, 4) is 11.3 Å². The van der Waals surface area contributed by atoms with Crippen molar-refractivity contribution in [1.29, 1.82) is 0 Å². The first-order chi connectivity index (χ1) is 9.92. The van der Waals surface area contributed by atoms with E-state index in [9.17, 15) is 0 Å². The first-order valence-corrected chi connectivity index (χ1v) is 6.81. The van der Waals surface area contributed by atoms with Crippen LogP contribution in [0.3, 0.4) is 0 Å². The highest BCUT2D eigenvalue weighted by Crippen LogP contribution is 2.31. The van der Waals surface area contributed by atoms with Crippen LogP contribution in [0.1, 0.15) is 0 Å². The molecule has 0 spiro atoms. The molecule has 0 radical (unpaired) electrons. The van der Waals surface area contributed by atoms with Crippen LogP contribution in [0.15, 0.2) is 45.5 Å². The number of para-hydroxylation sites is 1. The normalized spacial score (nSPS) is 15.9. The molecule has 3 heterocycles. The molecule has 1 N–H and O–H groups in total. The molecule has 0 atom stereocenters.